The van der Waals surface area contributed by atoms with E-state index in [9.17, 15) is 14.7 Å². The predicted molar refractivity (Wildman–Crippen MR) is 162 cm³/mol. The molecule has 1 amide bonds. The molecule has 4 aromatic rings. The van der Waals surface area contributed by atoms with Crippen LogP contribution in [0.2, 0.25) is 0 Å². The summed E-state index contributed by atoms with van der Waals surface area (Å²) >= 11 is 3.64. The maximum atomic E-state index is 14.4. The number of amides is 1. The largest absolute Gasteiger partial charge is 0.508 e. The Hall–Kier alpha value is -4.04. The zero-order valence-electron chi connectivity index (χ0n) is 22.6. The molecular formula is C33H32BrN3O4. The van der Waals surface area contributed by atoms with Gasteiger partial charge in [-0.05, 0) is 42.9 Å². The summed E-state index contributed by atoms with van der Waals surface area (Å²) in [6.07, 6.45) is 4.83. The van der Waals surface area contributed by atoms with Crippen molar-refractivity contribution in [3.05, 3.63) is 130 Å². The number of ether oxygens (including phenoxy) is 1. The van der Waals surface area contributed by atoms with Gasteiger partial charge in [-0.3, -0.25) is 19.3 Å². The molecule has 1 aliphatic heterocycles. The van der Waals surface area contributed by atoms with Crippen LogP contribution in [0.4, 0.5) is 0 Å². The molecule has 7 nitrogen and oxygen atoms in total. The van der Waals surface area contributed by atoms with Gasteiger partial charge in [-0.25, -0.2) is 0 Å². The maximum absolute atomic E-state index is 14.4. The van der Waals surface area contributed by atoms with Crippen LogP contribution in [0.1, 0.15) is 58.9 Å². The molecule has 1 N–H and O–H groups in total. The Kier molecular flexibility index (Phi) is 7.83. The van der Waals surface area contributed by atoms with E-state index in [4.69, 9.17) is 4.74 Å². The van der Waals surface area contributed by atoms with Crippen molar-refractivity contribution in [3.63, 3.8) is 0 Å². The number of nitrogens with zero attached hydrogens (tertiary/aromatic N) is 3. The standard InChI is InChI=1S/C33H32BrN3O4/c34-20-18-29-36(25-14-9-15-25)33(40)31-32(41-22-23-10-3-1-4-11-23)28(39)19-21-35(31)37(29)30(24-12-5-2-6-13-24)26-16-7-8-17-27(26)38/h1-8,10-13,16-17,19,21,25,29-30,38H,9,14-15,18,20,22H2/t29-,30+/m0/s1. The number of rotatable bonds is 9. The molecule has 0 saturated heterocycles. The first-order valence-electron chi connectivity index (χ1n) is 14.0. The van der Waals surface area contributed by atoms with Crippen LogP contribution < -0.4 is 15.2 Å². The second-order valence-electron chi connectivity index (χ2n) is 10.5. The van der Waals surface area contributed by atoms with Gasteiger partial charge < -0.3 is 14.7 Å². The highest BCUT2D eigenvalue weighted by Crippen LogP contribution is 2.41. The average molecular weight is 615 g/mol. The van der Waals surface area contributed by atoms with Crippen molar-refractivity contribution in [1.82, 2.24) is 9.58 Å². The minimum Gasteiger partial charge on any atom is -0.508 e. The highest BCUT2D eigenvalue weighted by atomic mass is 79.9. The van der Waals surface area contributed by atoms with Crippen LogP contribution in [0.3, 0.4) is 0 Å². The van der Waals surface area contributed by atoms with Gasteiger partial charge in [-0.1, -0.05) is 94.8 Å². The van der Waals surface area contributed by atoms with E-state index in [-0.39, 0.29) is 47.3 Å². The number of hydrogen-bond donors (Lipinski definition) is 1. The van der Waals surface area contributed by atoms with Gasteiger partial charge in [-0.15, -0.1) is 0 Å². The zero-order valence-corrected chi connectivity index (χ0v) is 24.2. The molecule has 3 aromatic carbocycles. The van der Waals surface area contributed by atoms with E-state index >= 15 is 0 Å². The van der Waals surface area contributed by atoms with E-state index in [0.29, 0.717) is 17.3 Å². The van der Waals surface area contributed by atoms with Crippen molar-refractivity contribution >= 4 is 21.8 Å². The van der Waals surface area contributed by atoms with Crippen molar-refractivity contribution in [2.75, 3.05) is 10.3 Å². The van der Waals surface area contributed by atoms with E-state index in [1.54, 1.807) is 23.0 Å². The van der Waals surface area contributed by atoms with Crippen molar-refractivity contribution in [3.8, 4) is 11.5 Å². The number of hydrogen-bond acceptors (Lipinski definition) is 5. The quantitative estimate of drug-likeness (QED) is 0.235. The fraction of sp³-hybridized carbons (Fsp3) is 0.273. The molecule has 1 aliphatic carbocycles. The van der Waals surface area contributed by atoms with Crippen LogP contribution in [-0.2, 0) is 6.61 Å². The Morgan fingerprint density at radius 3 is 2.24 bits per heavy atom. The highest BCUT2D eigenvalue weighted by molar-refractivity contribution is 9.09. The summed E-state index contributed by atoms with van der Waals surface area (Å²) in [5, 5.41) is 13.9. The molecular weight excluding hydrogens is 582 g/mol. The number of fused-ring (bicyclic) bond motifs is 1. The van der Waals surface area contributed by atoms with Crippen molar-refractivity contribution in [2.24, 2.45) is 0 Å². The number of phenols is 1. The Balaban J connectivity index is 1.57. The average Bonchev–Trinajstić information content (AvgIpc) is 2.97. The number of aromatic nitrogens is 1. The summed E-state index contributed by atoms with van der Waals surface area (Å²) in [5.74, 6) is -0.00648. The van der Waals surface area contributed by atoms with Crippen molar-refractivity contribution in [2.45, 2.75) is 50.5 Å². The van der Waals surface area contributed by atoms with Crippen LogP contribution in [0, 0.1) is 0 Å². The molecule has 0 bridgehead atoms. The minimum absolute atomic E-state index is 0.0389. The molecule has 0 unspecified atom stereocenters. The van der Waals surface area contributed by atoms with Crippen LogP contribution in [0.5, 0.6) is 11.5 Å². The topological polar surface area (TPSA) is 75.0 Å². The van der Waals surface area contributed by atoms with Crippen LogP contribution in [0.25, 0.3) is 0 Å². The van der Waals surface area contributed by atoms with Gasteiger partial charge in [0.15, 0.2) is 11.4 Å². The zero-order chi connectivity index (χ0) is 28.3. The number of carbonyl (C=O) groups is 1. The number of phenolic OH excluding ortho intramolecular Hbond substituents is 1. The first-order chi connectivity index (χ1) is 20.1. The predicted octanol–water partition coefficient (Wildman–Crippen LogP) is 5.98. The summed E-state index contributed by atoms with van der Waals surface area (Å²) in [7, 11) is 0. The van der Waals surface area contributed by atoms with Crippen LogP contribution in [0.15, 0.2) is 102 Å². The number of aromatic hydroxyl groups is 1. The molecule has 0 spiro atoms. The molecule has 8 heteroatoms. The maximum Gasteiger partial charge on any atom is 0.278 e. The number of pyridine rings is 1. The molecule has 1 fully saturated rings. The van der Waals surface area contributed by atoms with Crippen molar-refractivity contribution in [1.29, 1.82) is 0 Å². The van der Waals surface area contributed by atoms with Crippen LogP contribution >= 0.6 is 15.9 Å². The van der Waals surface area contributed by atoms with E-state index in [2.05, 4.69) is 20.9 Å². The van der Waals surface area contributed by atoms with Gasteiger partial charge in [0, 0.05) is 29.2 Å². The Labute approximate surface area is 247 Å². The minimum atomic E-state index is -0.458. The number of halogens is 1. The Bertz CT molecular complexity index is 1570. The van der Waals surface area contributed by atoms with E-state index in [0.717, 1.165) is 30.4 Å². The second kappa shape index (κ2) is 11.8. The third kappa shape index (κ3) is 5.12. The van der Waals surface area contributed by atoms with E-state index < -0.39 is 6.04 Å². The molecule has 0 radical (unpaired) electrons. The molecule has 41 heavy (non-hydrogen) atoms. The molecule has 6 rings (SSSR count). The summed E-state index contributed by atoms with van der Waals surface area (Å²) in [6.45, 7) is 0.163. The first-order valence-corrected chi connectivity index (χ1v) is 15.1. The van der Waals surface area contributed by atoms with Gasteiger partial charge >= 0.3 is 0 Å². The molecule has 1 saturated carbocycles. The number of benzene rings is 3. The van der Waals surface area contributed by atoms with Gasteiger partial charge in [0.05, 0.1) is 0 Å². The number of alkyl halides is 1. The van der Waals surface area contributed by atoms with E-state index in [1.807, 2.05) is 77.7 Å². The van der Waals surface area contributed by atoms with Crippen LogP contribution in [-0.4, -0.2) is 38.1 Å². The lowest BCUT2D eigenvalue weighted by Gasteiger charge is -2.53. The number of para-hydroxylation sites is 1. The highest BCUT2D eigenvalue weighted by Gasteiger charge is 2.47. The SMILES string of the molecule is O=C1c2c(OCc3ccccc3)c(=O)ccn2N([C@H](c2ccccc2)c2ccccc2O)[C@@H](CCBr)N1C1CCC1. The normalized spacial score (nSPS) is 17.6. The first kappa shape index (κ1) is 27.1. The van der Waals surface area contributed by atoms with Gasteiger partial charge in [-0.2, -0.15) is 0 Å². The lowest BCUT2D eigenvalue weighted by molar-refractivity contribution is 0.0267. The fourth-order valence-corrected chi connectivity index (χ4v) is 6.27. The molecule has 2 atom stereocenters. The van der Waals surface area contributed by atoms with Gasteiger partial charge in [0.1, 0.15) is 24.6 Å². The summed E-state index contributed by atoms with van der Waals surface area (Å²) in [5.41, 5.74) is 2.43. The number of carbonyl (C=O) groups excluding carboxylic acids is 1. The lowest BCUT2D eigenvalue weighted by Crippen LogP contribution is -2.65. The fourth-order valence-electron chi connectivity index (χ4n) is 5.86. The summed E-state index contributed by atoms with van der Waals surface area (Å²) in [4.78, 5) is 29.7. The summed E-state index contributed by atoms with van der Waals surface area (Å²) < 4.78 is 7.95. The van der Waals surface area contributed by atoms with Gasteiger partial charge in [0.25, 0.3) is 5.91 Å². The smallest absolute Gasteiger partial charge is 0.278 e. The molecule has 1 aromatic heterocycles. The monoisotopic (exact) mass is 613 g/mol. The third-order valence-corrected chi connectivity index (χ3v) is 8.48. The molecule has 2 aliphatic rings. The Morgan fingerprint density at radius 2 is 1.59 bits per heavy atom. The summed E-state index contributed by atoms with van der Waals surface area (Å²) in [6, 6.07) is 27.9. The van der Waals surface area contributed by atoms with E-state index in [1.165, 1.54) is 6.07 Å². The Morgan fingerprint density at radius 1 is 0.902 bits per heavy atom. The molecule has 2 heterocycles. The van der Waals surface area contributed by atoms with Gasteiger partial charge in [0.2, 0.25) is 5.43 Å². The van der Waals surface area contributed by atoms with Crippen molar-refractivity contribution < 1.29 is 14.6 Å². The second-order valence-corrected chi connectivity index (χ2v) is 11.3. The lowest BCUT2D eigenvalue weighted by atomic mass is 9.89. The molecule has 210 valence electrons. The third-order valence-electron chi connectivity index (χ3n) is 8.02.